The Labute approximate surface area is 160 Å². The van der Waals surface area contributed by atoms with Crippen molar-refractivity contribution in [1.29, 1.82) is 0 Å². The molecule has 2 aliphatic rings. The second kappa shape index (κ2) is 7.55. The third-order valence-electron chi connectivity index (χ3n) is 4.49. The van der Waals surface area contributed by atoms with Gasteiger partial charge in [0.2, 0.25) is 12.7 Å². The van der Waals surface area contributed by atoms with Crippen molar-refractivity contribution in [2.45, 2.75) is 25.4 Å². The van der Waals surface area contributed by atoms with Crippen LogP contribution < -0.4 is 20.1 Å². The summed E-state index contributed by atoms with van der Waals surface area (Å²) in [6.45, 7) is 0.283. The van der Waals surface area contributed by atoms with E-state index in [0.717, 1.165) is 10.5 Å². The molecule has 1 atom stereocenters. The highest BCUT2D eigenvalue weighted by Crippen LogP contribution is 2.33. The molecule has 3 heterocycles. The average molecular weight is 382 g/mol. The zero-order valence-corrected chi connectivity index (χ0v) is 14.9. The molecule has 0 saturated carbocycles. The molecule has 0 aliphatic carbocycles. The number of fused-ring (bicyclic) bond motifs is 1. The molecule has 0 bridgehead atoms. The van der Waals surface area contributed by atoms with Crippen molar-refractivity contribution >= 4 is 23.5 Å². The Kier molecular flexibility index (Phi) is 4.79. The Bertz CT molecular complexity index is 918. The maximum atomic E-state index is 12.6. The summed E-state index contributed by atoms with van der Waals surface area (Å²) in [6, 6.07) is 7.52. The molecule has 2 aliphatic heterocycles. The number of nitrogens with one attached hydrogen (secondary N) is 2. The third-order valence-corrected chi connectivity index (χ3v) is 4.49. The Morgan fingerprint density at radius 3 is 2.93 bits per heavy atom. The number of pyridine rings is 1. The fraction of sp³-hybridized carbons (Fsp3) is 0.263. The Morgan fingerprint density at radius 1 is 1.25 bits per heavy atom. The van der Waals surface area contributed by atoms with Crippen molar-refractivity contribution in [3.63, 3.8) is 0 Å². The molecule has 9 heteroatoms. The van der Waals surface area contributed by atoms with Crippen LogP contribution in [0.4, 0.5) is 10.5 Å². The van der Waals surface area contributed by atoms with Gasteiger partial charge in [0.05, 0.1) is 18.4 Å². The van der Waals surface area contributed by atoms with Gasteiger partial charge in [-0.1, -0.05) is 6.07 Å². The lowest BCUT2D eigenvalue weighted by Gasteiger charge is -2.13. The molecule has 0 spiro atoms. The molecule has 1 aromatic carbocycles. The van der Waals surface area contributed by atoms with Crippen LogP contribution in [0.25, 0.3) is 0 Å². The number of amides is 4. The minimum absolute atomic E-state index is 0.101. The number of imide groups is 1. The molecule has 28 heavy (non-hydrogen) atoms. The van der Waals surface area contributed by atoms with E-state index in [1.807, 2.05) is 0 Å². The quantitative estimate of drug-likeness (QED) is 0.735. The van der Waals surface area contributed by atoms with E-state index in [0.29, 0.717) is 17.2 Å². The van der Waals surface area contributed by atoms with E-state index in [-0.39, 0.29) is 38.0 Å². The van der Waals surface area contributed by atoms with E-state index in [2.05, 4.69) is 15.6 Å². The number of anilines is 1. The molecular weight excluding hydrogens is 364 g/mol. The summed E-state index contributed by atoms with van der Waals surface area (Å²) in [5, 5.41) is 5.34. The monoisotopic (exact) mass is 382 g/mol. The molecule has 4 amide bonds. The van der Waals surface area contributed by atoms with E-state index in [9.17, 15) is 14.4 Å². The van der Waals surface area contributed by atoms with Gasteiger partial charge in [0.1, 0.15) is 6.04 Å². The first-order valence-corrected chi connectivity index (χ1v) is 8.80. The number of benzene rings is 1. The fourth-order valence-corrected chi connectivity index (χ4v) is 3.08. The minimum atomic E-state index is -0.721. The van der Waals surface area contributed by atoms with Gasteiger partial charge in [-0.15, -0.1) is 0 Å². The zero-order chi connectivity index (χ0) is 19.5. The number of hydrogen-bond acceptors (Lipinski definition) is 6. The van der Waals surface area contributed by atoms with Crippen LogP contribution in [0.5, 0.6) is 11.5 Å². The van der Waals surface area contributed by atoms with Crippen LogP contribution >= 0.6 is 0 Å². The summed E-state index contributed by atoms with van der Waals surface area (Å²) < 4.78 is 10.6. The van der Waals surface area contributed by atoms with Gasteiger partial charge in [0, 0.05) is 12.6 Å². The minimum Gasteiger partial charge on any atom is -0.454 e. The number of hydrogen-bond donors (Lipinski definition) is 2. The fourth-order valence-electron chi connectivity index (χ4n) is 3.08. The molecule has 4 rings (SSSR count). The highest BCUT2D eigenvalue weighted by Gasteiger charge is 2.38. The Morgan fingerprint density at radius 2 is 2.11 bits per heavy atom. The molecule has 1 fully saturated rings. The second-order valence-corrected chi connectivity index (χ2v) is 6.44. The third kappa shape index (κ3) is 3.73. The lowest BCUT2D eigenvalue weighted by atomic mass is 10.1. The van der Waals surface area contributed by atoms with E-state index >= 15 is 0 Å². The van der Waals surface area contributed by atoms with Crippen LogP contribution in [0.15, 0.2) is 42.7 Å². The maximum Gasteiger partial charge on any atom is 0.325 e. The van der Waals surface area contributed by atoms with Crippen molar-refractivity contribution in [3.8, 4) is 11.5 Å². The van der Waals surface area contributed by atoms with Gasteiger partial charge >= 0.3 is 6.03 Å². The average Bonchev–Trinajstić information content (AvgIpc) is 3.26. The molecule has 1 unspecified atom stereocenters. The number of urea groups is 1. The number of rotatable bonds is 6. The first-order chi connectivity index (χ1) is 13.6. The van der Waals surface area contributed by atoms with E-state index < -0.39 is 12.1 Å². The van der Waals surface area contributed by atoms with Crippen molar-refractivity contribution in [1.82, 2.24) is 15.2 Å². The van der Waals surface area contributed by atoms with Crippen LogP contribution in [0.2, 0.25) is 0 Å². The molecule has 144 valence electrons. The topological polar surface area (TPSA) is 110 Å². The SMILES string of the molecule is O=C(CCC1NC(=O)N(Cc2ccc3c(c2)OCO3)C1=O)Nc1cccnc1. The summed E-state index contributed by atoms with van der Waals surface area (Å²) >= 11 is 0. The first kappa shape index (κ1) is 17.8. The zero-order valence-electron chi connectivity index (χ0n) is 14.9. The molecule has 1 saturated heterocycles. The standard InChI is InChI=1S/C19H18N4O5/c24-17(21-13-2-1-7-20-9-13)6-4-14-18(25)23(19(26)22-14)10-12-3-5-15-16(8-12)28-11-27-15/h1-3,5,7-9,14H,4,6,10-11H2,(H,21,24)(H,22,26). The molecule has 0 radical (unpaired) electrons. The van der Waals surface area contributed by atoms with Gasteiger partial charge in [-0.2, -0.15) is 0 Å². The highest BCUT2D eigenvalue weighted by molar-refractivity contribution is 6.04. The van der Waals surface area contributed by atoms with Gasteiger partial charge in [-0.05, 0) is 36.2 Å². The summed E-state index contributed by atoms with van der Waals surface area (Å²) in [5.74, 6) is 0.632. The molecule has 9 nitrogen and oxygen atoms in total. The van der Waals surface area contributed by atoms with Crippen molar-refractivity contribution < 1.29 is 23.9 Å². The Balaban J connectivity index is 1.33. The van der Waals surface area contributed by atoms with Crippen LogP contribution in [0.3, 0.4) is 0 Å². The van der Waals surface area contributed by atoms with Gasteiger partial charge in [0.25, 0.3) is 5.91 Å². The molecule has 2 N–H and O–H groups in total. The summed E-state index contributed by atoms with van der Waals surface area (Å²) in [6.07, 6.45) is 3.46. The molecule has 2 aromatic rings. The van der Waals surface area contributed by atoms with Crippen LogP contribution in [0, 0.1) is 0 Å². The lowest BCUT2D eigenvalue weighted by Crippen LogP contribution is -2.31. The lowest BCUT2D eigenvalue weighted by molar-refractivity contribution is -0.128. The normalized spacial score (nSPS) is 17.6. The van der Waals surface area contributed by atoms with Crippen LogP contribution in [-0.2, 0) is 16.1 Å². The largest absolute Gasteiger partial charge is 0.454 e. The maximum absolute atomic E-state index is 12.6. The smallest absolute Gasteiger partial charge is 0.325 e. The van der Waals surface area contributed by atoms with Gasteiger partial charge in [-0.3, -0.25) is 19.5 Å². The van der Waals surface area contributed by atoms with Crippen LogP contribution in [-0.4, -0.2) is 40.6 Å². The second-order valence-electron chi connectivity index (χ2n) is 6.44. The summed E-state index contributed by atoms with van der Waals surface area (Å²) in [4.78, 5) is 41.9. The highest BCUT2D eigenvalue weighted by atomic mass is 16.7. The van der Waals surface area contributed by atoms with E-state index in [1.54, 1.807) is 36.5 Å². The predicted molar refractivity (Wildman–Crippen MR) is 97.5 cm³/mol. The summed E-state index contributed by atoms with van der Waals surface area (Å²) in [7, 11) is 0. The number of carbonyl (C=O) groups excluding carboxylic acids is 3. The number of aromatic nitrogens is 1. The van der Waals surface area contributed by atoms with Crippen molar-refractivity contribution in [2.75, 3.05) is 12.1 Å². The molecular formula is C19H18N4O5. The number of carbonyl (C=O) groups is 3. The number of nitrogens with zero attached hydrogens (tertiary/aromatic N) is 2. The van der Waals surface area contributed by atoms with Gasteiger partial charge < -0.3 is 20.1 Å². The van der Waals surface area contributed by atoms with Gasteiger partial charge in [-0.25, -0.2) is 4.79 Å². The van der Waals surface area contributed by atoms with Crippen LogP contribution in [0.1, 0.15) is 18.4 Å². The van der Waals surface area contributed by atoms with Crippen molar-refractivity contribution in [2.24, 2.45) is 0 Å². The van der Waals surface area contributed by atoms with Gasteiger partial charge in [0.15, 0.2) is 11.5 Å². The predicted octanol–water partition coefficient (Wildman–Crippen LogP) is 1.65. The number of ether oxygens (including phenoxy) is 2. The molecule has 1 aromatic heterocycles. The first-order valence-electron chi connectivity index (χ1n) is 8.80. The van der Waals surface area contributed by atoms with E-state index in [4.69, 9.17) is 9.47 Å². The van der Waals surface area contributed by atoms with Crippen molar-refractivity contribution in [3.05, 3.63) is 48.3 Å². The Hall–Kier alpha value is -3.62. The summed E-state index contributed by atoms with van der Waals surface area (Å²) in [5.41, 5.74) is 1.33. The van der Waals surface area contributed by atoms with E-state index in [1.165, 1.54) is 6.20 Å².